The molecule has 22 heavy (non-hydrogen) atoms. The summed E-state index contributed by atoms with van der Waals surface area (Å²) in [5, 5.41) is 8.98. The van der Waals surface area contributed by atoms with Crippen molar-refractivity contribution in [1.82, 2.24) is 24.8 Å². The number of likely N-dealkylation sites (tertiary alicyclic amines) is 1. The zero-order valence-electron chi connectivity index (χ0n) is 13.1. The van der Waals surface area contributed by atoms with E-state index in [1.807, 2.05) is 10.9 Å². The van der Waals surface area contributed by atoms with Gasteiger partial charge in [-0.1, -0.05) is 30.6 Å². The summed E-state index contributed by atoms with van der Waals surface area (Å²) in [5.74, 6) is 2.24. The topological polar surface area (TPSA) is 60.0 Å². The van der Waals surface area contributed by atoms with Crippen LogP contribution < -0.4 is 0 Å². The second-order valence-electron chi connectivity index (χ2n) is 6.21. The molecule has 6 nitrogen and oxygen atoms in total. The average molecular weight is 324 g/mol. The molecule has 0 saturated carbocycles. The monoisotopic (exact) mass is 323 g/mol. The minimum atomic E-state index is 0.307. The molecule has 1 atom stereocenters. The second-order valence-corrected chi connectivity index (χ2v) is 6.64. The van der Waals surface area contributed by atoms with Crippen LogP contribution in [-0.4, -0.2) is 44.5 Å². The fourth-order valence-corrected chi connectivity index (χ4v) is 2.97. The third-order valence-corrected chi connectivity index (χ3v) is 4.27. The van der Waals surface area contributed by atoms with E-state index in [1.165, 1.54) is 0 Å². The van der Waals surface area contributed by atoms with Gasteiger partial charge in [0.2, 0.25) is 5.89 Å². The number of nitrogens with zero attached hydrogens (tertiary/aromatic N) is 5. The third kappa shape index (κ3) is 3.67. The Morgan fingerprint density at radius 3 is 2.95 bits per heavy atom. The van der Waals surface area contributed by atoms with Gasteiger partial charge in [-0.3, -0.25) is 4.68 Å². The van der Waals surface area contributed by atoms with Crippen LogP contribution in [0.1, 0.15) is 50.2 Å². The van der Waals surface area contributed by atoms with Gasteiger partial charge >= 0.3 is 0 Å². The number of halogens is 1. The van der Waals surface area contributed by atoms with Crippen molar-refractivity contribution in [3.8, 4) is 0 Å². The quantitative estimate of drug-likeness (QED) is 0.846. The van der Waals surface area contributed by atoms with E-state index in [1.54, 1.807) is 6.20 Å². The normalized spacial score (nSPS) is 19.9. The van der Waals surface area contributed by atoms with Crippen LogP contribution in [0.15, 0.2) is 16.9 Å². The summed E-state index contributed by atoms with van der Waals surface area (Å²) in [5.41, 5.74) is 0. The molecule has 0 amide bonds. The van der Waals surface area contributed by atoms with Gasteiger partial charge in [0, 0.05) is 25.2 Å². The first-order chi connectivity index (χ1) is 10.6. The number of piperidine rings is 1. The molecular formula is C15H22ClN5O. The van der Waals surface area contributed by atoms with Crippen molar-refractivity contribution in [2.75, 3.05) is 19.6 Å². The van der Waals surface area contributed by atoms with Crippen LogP contribution in [-0.2, 0) is 6.54 Å². The molecule has 1 aliphatic rings. The van der Waals surface area contributed by atoms with Crippen molar-refractivity contribution in [3.05, 3.63) is 29.1 Å². The molecular weight excluding hydrogens is 302 g/mol. The summed E-state index contributed by atoms with van der Waals surface area (Å²) in [6.45, 7) is 8.04. The molecule has 0 aliphatic carbocycles. The van der Waals surface area contributed by atoms with E-state index in [-0.39, 0.29) is 0 Å². The van der Waals surface area contributed by atoms with Gasteiger partial charge in [-0.25, -0.2) is 0 Å². The van der Waals surface area contributed by atoms with Gasteiger partial charge in [-0.2, -0.15) is 10.1 Å². The summed E-state index contributed by atoms with van der Waals surface area (Å²) in [7, 11) is 0. The molecule has 0 bridgehead atoms. The molecule has 120 valence electrons. The maximum atomic E-state index is 5.89. The van der Waals surface area contributed by atoms with Gasteiger partial charge in [0.15, 0.2) is 5.82 Å². The van der Waals surface area contributed by atoms with Crippen molar-refractivity contribution >= 4 is 11.6 Å². The molecule has 0 radical (unpaired) electrons. The molecule has 0 N–H and O–H groups in total. The molecule has 1 aliphatic heterocycles. The smallest absolute Gasteiger partial charge is 0.231 e. The first-order valence-electron chi connectivity index (χ1n) is 7.85. The van der Waals surface area contributed by atoms with Crippen LogP contribution in [0, 0.1) is 0 Å². The van der Waals surface area contributed by atoms with Crippen molar-refractivity contribution in [1.29, 1.82) is 0 Å². The van der Waals surface area contributed by atoms with Crippen molar-refractivity contribution < 1.29 is 4.52 Å². The van der Waals surface area contributed by atoms with Crippen LogP contribution >= 0.6 is 11.6 Å². The number of aromatic nitrogens is 4. The number of hydrogen-bond donors (Lipinski definition) is 0. The molecule has 1 fully saturated rings. The van der Waals surface area contributed by atoms with Crippen molar-refractivity contribution in [2.24, 2.45) is 0 Å². The number of hydrogen-bond acceptors (Lipinski definition) is 5. The highest BCUT2D eigenvalue weighted by molar-refractivity contribution is 6.30. The number of rotatable bonds is 5. The molecule has 3 rings (SSSR count). The van der Waals surface area contributed by atoms with Crippen LogP contribution in [0.3, 0.4) is 0 Å². The SMILES string of the molecule is CC(C)c1noc(C2CCCN(CCn3cc(Cl)cn3)C2)n1. The minimum absolute atomic E-state index is 0.307. The summed E-state index contributed by atoms with van der Waals surface area (Å²) in [6, 6.07) is 0. The van der Waals surface area contributed by atoms with Gasteiger partial charge < -0.3 is 9.42 Å². The van der Waals surface area contributed by atoms with Crippen LogP contribution in [0.5, 0.6) is 0 Å². The maximum absolute atomic E-state index is 5.89. The molecule has 2 aromatic rings. The summed E-state index contributed by atoms with van der Waals surface area (Å²) in [4.78, 5) is 6.98. The Bertz CT molecular complexity index is 609. The Kier molecular flexibility index (Phi) is 4.78. The Labute approximate surface area is 135 Å². The van der Waals surface area contributed by atoms with Crippen LogP contribution in [0.2, 0.25) is 5.02 Å². The second kappa shape index (κ2) is 6.79. The predicted octanol–water partition coefficient (Wildman–Crippen LogP) is 2.92. The highest BCUT2D eigenvalue weighted by Crippen LogP contribution is 2.26. The van der Waals surface area contributed by atoms with Gasteiger partial charge in [0.05, 0.1) is 23.7 Å². The molecule has 7 heteroatoms. The Morgan fingerprint density at radius 1 is 1.41 bits per heavy atom. The van der Waals surface area contributed by atoms with Crippen LogP contribution in [0.4, 0.5) is 0 Å². The van der Waals surface area contributed by atoms with Gasteiger partial charge in [-0.05, 0) is 19.4 Å². The molecule has 0 aromatic carbocycles. The van der Waals surface area contributed by atoms with Gasteiger partial charge in [0.25, 0.3) is 0 Å². The Balaban J connectivity index is 1.56. The van der Waals surface area contributed by atoms with Crippen molar-refractivity contribution in [2.45, 2.75) is 45.1 Å². The van der Waals surface area contributed by atoms with E-state index in [4.69, 9.17) is 16.1 Å². The Hall–Kier alpha value is -1.40. The van der Waals surface area contributed by atoms with Crippen LogP contribution in [0.25, 0.3) is 0 Å². The summed E-state index contributed by atoms with van der Waals surface area (Å²) < 4.78 is 7.34. The van der Waals surface area contributed by atoms with E-state index in [9.17, 15) is 0 Å². The lowest BCUT2D eigenvalue weighted by Crippen LogP contribution is -2.36. The van der Waals surface area contributed by atoms with E-state index in [0.29, 0.717) is 16.9 Å². The van der Waals surface area contributed by atoms with E-state index in [0.717, 1.165) is 50.7 Å². The zero-order valence-corrected chi connectivity index (χ0v) is 13.8. The molecule has 3 heterocycles. The molecule has 1 unspecified atom stereocenters. The third-order valence-electron chi connectivity index (χ3n) is 4.08. The maximum Gasteiger partial charge on any atom is 0.231 e. The molecule has 2 aromatic heterocycles. The Morgan fingerprint density at radius 2 is 2.27 bits per heavy atom. The highest BCUT2D eigenvalue weighted by Gasteiger charge is 2.26. The highest BCUT2D eigenvalue weighted by atomic mass is 35.5. The fraction of sp³-hybridized carbons (Fsp3) is 0.667. The zero-order chi connectivity index (χ0) is 15.5. The largest absolute Gasteiger partial charge is 0.339 e. The lowest BCUT2D eigenvalue weighted by Gasteiger charge is -2.30. The van der Waals surface area contributed by atoms with Gasteiger partial charge in [0.1, 0.15) is 0 Å². The first kappa shape index (κ1) is 15.5. The average Bonchev–Trinajstić information content (AvgIpc) is 3.14. The standard InChI is InChI=1S/C15H22ClN5O/c1-11(2)14-18-15(22-19-14)12-4-3-5-20(9-12)6-7-21-10-13(16)8-17-21/h8,10-12H,3-7,9H2,1-2H3. The van der Waals surface area contributed by atoms with Gasteiger partial charge in [-0.15, -0.1) is 0 Å². The van der Waals surface area contributed by atoms with E-state index < -0.39 is 0 Å². The van der Waals surface area contributed by atoms with E-state index >= 15 is 0 Å². The lowest BCUT2D eigenvalue weighted by molar-refractivity contribution is 0.179. The first-order valence-corrected chi connectivity index (χ1v) is 8.23. The predicted molar refractivity (Wildman–Crippen MR) is 84.0 cm³/mol. The minimum Gasteiger partial charge on any atom is -0.339 e. The fourth-order valence-electron chi connectivity index (χ4n) is 2.81. The van der Waals surface area contributed by atoms with Crippen molar-refractivity contribution in [3.63, 3.8) is 0 Å². The molecule has 1 saturated heterocycles. The molecule has 0 spiro atoms. The summed E-state index contributed by atoms with van der Waals surface area (Å²) in [6.07, 6.45) is 5.80. The van der Waals surface area contributed by atoms with E-state index in [2.05, 4.69) is 34.0 Å². The summed E-state index contributed by atoms with van der Waals surface area (Å²) >= 11 is 5.89. The lowest BCUT2D eigenvalue weighted by atomic mass is 9.98.